The SMILES string of the molecule is CN1C=CN(C)C(N=Nc2ccc(Nc3ccc(N)cc3)cc2)=I1. The van der Waals surface area contributed by atoms with Crippen LogP contribution in [0.25, 0.3) is 0 Å². The maximum atomic E-state index is 5.69. The van der Waals surface area contributed by atoms with E-state index in [1.165, 1.54) is 0 Å². The number of azo groups is 1. The number of nitrogen functional groups attached to an aromatic ring is 1. The van der Waals surface area contributed by atoms with Gasteiger partial charge in [0, 0.05) is 43.6 Å². The molecule has 124 valence electrons. The highest BCUT2D eigenvalue weighted by Crippen LogP contribution is 2.22. The molecule has 0 bridgehead atoms. The first-order valence-corrected chi connectivity index (χ1v) is 9.45. The molecule has 1 aliphatic rings. The number of halogens is 1. The molecule has 0 aliphatic carbocycles. The van der Waals surface area contributed by atoms with E-state index < -0.39 is 0 Å². The van der Waals surface area contributed by atoms with Gasteiger partial charge in [0.2, 0.25) is 3.76 Å². The molecule has 7 heteroatoms. The van der Waals surface area contributed by atoms with E-state index >= 15 is 0 Å². The van der Waals surface area contributed by atoms with Crippen LogP contribution in [0.2, 0.25) is 0 Å². The summed E-state index contributed by atoms with van der Waals surface area (Å²) >= 11 is -0.290. The van der Waals surface area contributed by atoms with Gasteiger partial charge in [-0.15, -0.1) is 10.2 Å². The van der Waals surface area contributed by atoms with Gasteiger partial charge in [-0.05, 0) is 48.5 Å². The van der Waals surface area contributed by atoms with Crippen molar-refractivity contribution in [2.24, 2.45) is 10.2 Å². The number of hydrogen-bond acceptors (Lipinski definition) is 6. The molecule has 1 aliphatic heterocycles. The summed E-state index contributed by atoms with van der Waals surface area (Å²) in [4.78, 5) is 2.02. The van der Waals surface area contributed by atoms with Gasteiger partial charge in [-0.2, -0.15) is 0 Å². The molecule has 0 radical (unpaired) electrons. The predicted octanol–water partition coefficient (Wildman–Crippen LogP) is 4.42. The Morgan fingerprint density at radius 2 is 1.50 bits per heavy atom. The van der Waals surface area contributed by atoms with Crippen molar-refractivity contribution in [1.82, 2.24) is 8.01 Å². The first-order chi connectivity index (χ1) is 11.6. The Hall–Kier alpha value is -2.42. The zero-order valence-corrected chi connectivity index (χ0v) is 15.7. The Morgan fingerprint density at radius 3 is 2.17 bits per heavy atom. The maximum absolute atomic E-state index is 5.69. The van der Waals surface area contributed by atoms with Crippen LogP contribution in [0.1, 0.15) is 0 Å². The third kappa shape index (κ3) is 4.31. The summed E-state index contributed by atoms with van der Waals surface area (Å²) in [5, 5.41) is 12.1. The van der Waals surface area contributed by atoms with Gasteiger partial charge in [-0.3, -0.25) is 0 Å². The quantitative estimate of drug-likeness (QED) is 0.324. The van der Waals surface area contributed by atoms with E-state index in [2.05, 4.69) is 31.9 Å². The molecular formula is C17H19IN6. The molecule has 3 N–H and O–H groups in total. The van der Waals surface area contributed by atoms with Crippen LogP contribution in [0.4, 0.5) is 22.7 Å². The summed E-state index contributed by atoms with van der Waals surface area (Å²) in [5.74, 6) is 0. The fourth-order valence-corrected chi connectivity index (χ4v) is 3.68. The molecule has 0 spiro atoms. The third-order valence-electron chi connectivity index (χ3n) is 3.31. The van der Waals surface area contributed by atoms with Crippen LogP contribution in [0.15, 0.2) is 71.2 Å². The lowest BCUT2D eigenvalue weighted by Crippen LogP contribution is -2.21. The Labute approximate surface area is 151 Å². The molecule has 0 amide bonds. The average Bonchev–Trinajstić information content (AvgIpc) is 2.59. The minimum absolute atomic E-state index is 0.290. The summed E-state index contributed by atoms with van der Waals surface area (Å²) < 4.78 is 3.19. The molecule has 0 saturated heterocycles. The number of anilines is 3. The Morgan fingerprint density at radius 1 is 0.875 bits per heavy atom. The number of benzene rings is 2. The van der Waals surface area contributed by atoms with E-state index in [9.17, 15) is 0 Å². The summed E-state index contributed by atoms with van der Waals surface area (Å²) in [7, 11) is 4.06. The maximum Gasteiger partial charge on any atom is 0.203 e. The predicted molar refractivity (Wildman–Crippen MR) is 109 cm³/mol. The minimum atomic E-state index is -0.290. The van der Waals surface area contributed by atoms with E-state index in [-0.39, 0.29) is 21.0 Å². The van der Waals surface area contributed by atoms with Crippen molar-refractivity contribution in [3.8, 4) is 0 Å². The van der Waals surface area contributed by atoms with Crippen LogP contribution in [-0.4, -0.2) is 25.9 Å². The van der Waals surface area contributed by atoms with Crippen molar-refractivity contribution in [2.75, 3.05) is 25.1 Å². The van der Waals surface area contributed by atoms with Crippen LogP contribution in [0, 0.1) is 0 Å². The molecule has 0 aromatic heterocycles. The van der Waals surface area contributed by atoms with Crippen molar-refractivity contribution >= 4 is 47.5 Å². The normalized spacial score (nSPS) is 14.5. The lowest BCUT2D eigenvalue weighted by Gasteiger charge is -2.20. The van der Waals surface area contributed by atoms with Crippen LogP contribution in [0.3, 0.4) is 0 Å². The molecule has 6 nitrogen and oxygen atoms in total. The number of hydrogen-bond donors (Lipinski definition) is 2. The topological polar surface area (TPSA) is 69.2 Å². The van der Waals surface area contributed by atoms with Crippen molar-refractivity contribution < 1.29 is 0 Å². The second-order valence-corrected chi connectivity index (χ2v) is 8.25. The summed E-state index contributed by atoms with van der Waals surface area (Å²) in [6.45, 7) is 0. The van der Waals surface area contributed by atoms with Gasteiger partial charge in [-0.25, -0.2) is 0 Å². The molecule has 1 heterocycles. The fraction of sp³-hybridized carbons (Fsp3) is 0.118. The van der Waals surface area contributed by atoms with Crippen LogP contribution >= 0.6 is 21.0 Å². The summed E-state index contributed by atoms with van der Waals surface area (Å²) in [6.07, 6.45) is 4.06. The largest absolute Gasteiger partial charge is 0.399 e. The van der Waals surface area contributed by atoms with E-state index in [0.717, 1.165) is 26.5 Å². The van der Waals surface area contributed by atoms with Gasteiger partial charge in [0.05, 0.1) is 26.7 Å². The summed E-state index contributed by atoms with van der Waals surface area (Å²) in [5.41, 5.74) is 9.27. The van der Waals surface area contributed by atoms with Gasteiger partial charge >= 0.3 is 0 Å². The minimum Gasteiger partial charge on any atom is -0.399 e. The monoisotopic (exact) mass is 434 g/mol. The lowest BCUT2D eigenvalue weighted by atomic mass is 10.2. The molecule has 0 saturated carbocycles. The molecule has 0 atom stereocenters. The fourth-order valence-electron chi connectivity index (χ4n) is 1.99. The summed E-state index contributed by atoms with van der Waals surface area (Å²) in [6, 6.07) is 15.5. The van der Waals surface area contributed by atoms with Crippen molar-refractivity contribution in [1.29, 1.82) is 0 Å². The molecule has 0 unspecified atom stereocenters. The molecular weight excluding hydrogens is 415 g/mol. The van der Waals surface area contributed by atoms with Gasteiger partial charge in [0.1, 0.15) is 0 Å². The highest BCUT2D eigenvalue weighted by Gasteiger charge is 2.07. The van der Waals surface area contributed by atoms with E-state index in [1.807, 2.05) is 66.7 Å². The average molecular weight is 434 g/mol. The van der Waals surface area contributed by atoms with Gasteiger partial charge in [-0.1, -0.05) is 0 Å². The highest BCUT2D eigenvalue weighted by atomic mass is 127. The number of nitrogens with one attached hydrogen (secondary N) is 1. The smallest absolute Gasteiger partial charge is 0.203 e. The number of nitrogens with zero attached hydrogens (tertiary/aromatic N) is 4. The highest BCUT2D eigenvalue weighted by molar-refractivity contribution is 14.2. The van der Waals surface area contributed by atoms with Crippen LogP contribution in [-0.2, 0) is 0 Å². The van der Waals surface area contributed by atoms with Crippen molar-refractivity contribution in [3.05, 3.63) is 60.9 Å². The van der Waals surface area contributed by atoms with Gasteiger partial charge in [0.15, 0.2) is 0 Å². The number of rotatable bonds is 4. The molecule has 2 aromatic carbocycles. The second-order valence-electron chi connectivity index (χ2n) is 5.28. The Bertz CT molecular complexity index is 780. The Balaban J connectivity index is 1.66. The van der Waals surface area contributed by atoms with E-state index in [4.69, 9.17) is 5.73 Å². The first-order valence-electron chi connectivity index (χ1n) is 7.40. The lowest BCUT2D eigenvalue weighted by molar-refractivity contribution is 0.663. The van der Waals surface area contributed by atoms with E-state index in [0.29, 0.717) is 0 Å². The van der Waals surface area contributed by atoms with Crippen LogP contribution in [0.5, 0.6) is 0 Å². The number of nitrogens with two attached hydrogens (primary N) is 1. The Kier molecular flexibility index (Phi) is 5.09. The molecule has 3 rings (SSSR count). The van der Waals surface area contributed by atoms with Gasteiger partial charge < -0.3 is 19.1 Å². The first kappa shape index (κ1) is 16.4. The second kappa shape index (κ2) is 7.43. The van der Waals surface area contributed by atoms with E-state index in [1.54, 1.807) is 0 Å². The van der Waals surface area contributed by atoms with Gasteiger partial charge in [0.25, 0.3) is 0 Å². The molecule has 24 heavy (non-hydrogen) atoms. The third-order valence-corrected chi connectivity index (χ3v) is 5.80. The zero-order chi connectivity index (χ0) is 16.9. The van der Waals surface area contributed by atoms with Crippen molar-refractivity contribution in [3.63, 3.8) is 0 Å². The molecule has 2 aromatic rings. The molecule has 0 fully saturated rings. The standard InChI is InChI=1S/C17H19IN6/c1-23-11-12-24(2)18-17(23)22-21-16-9-7-15(8-10-16)20-14-5-3-13(19)4-6-14/h3-12,20H,19H2,1-2H3. The van der Waals surface area contributed by atoms with Crippen molar-refractivity contribution in [2.45, 2.75) is 0 Å². The van der Waals surface area contributed by atoms with Crippen LogP contribution < -0.4 is 11.1 Å². The zero-order valence-electron chi connectivity index (χ0n) is 13.5.